The number of fused-ring (bicyclic) bond motifs is 1. The van der Waals surface area contributed by atoms with Crippen molar-refractivity contribution < 1.29 is 13.5 Å². The van der Waals surface area contributed by atoms with Crippen molar-refractivity contribution in [3.05, 3.63) is 59.3 Å². The van der Waals surface area contributed by atoms with E-state index in [1.165, 1.54) is 18.3 Å². The SMILES string of the molecule is C#CC.CCN(CCNNPCNc1ccc(F)cc1C)CCc1c(F)cnc2ccc(OC)nc12. The molecule has 0 bridgehead atoms. The highest BCUT2D eigenvalue weighted by Crippen LogP contribution is 2.21. The molecular weight excluding hydrogens is 481 g/mol. The van der Waals surface area contributed by atoms with Crippen LogP contribution < -0.4 is 20.7 Å². The summed E-state index contributed by atoms with van der Waals surface area (Å²) in [7, 11) is 2.00. The van der Waals surface area contributed by atoms with Crippen LogP contribution >= 0.6 is 8.73 Å². The van der Waals surface area contributed by atoms with Crippen molar-refractivity contribution in [1.29, 1.82) is 0 Å². The monoisotopic (exact) mass is 516 g/mol. The van der Waals surface area contributed by atoms with Crippen molar-refractivity contribution in [3.8, 4) is 18.2 Å². The van der Waals surface area contributed by atoms with Crippen LogP contribution in [-0.2, 0) is 6.42 Å². The zero-order valence-corrected chi connectivity index (χ0v) is 22.3. The van der Waals surface area contributed by atoms with Crippen LogP contribution in [0.1, 0.15) is 25.0 Å². The fraction of sp³-hybridized carbons (Fsp3) is 0.385. The largest absolute Gasteiger partial charge is 0.481 e. The van der Waals surface area contributed by atoms with Crippen LogP contribution in [0.3, 0.4) is 0 Å². The summed E-state index contributed by atoms with van der Waals surface area (Å²) in [5.41, 5.74) is 6.82. The summed E-state index contributed by atoms with van der Waals surface area (Å²) in [5, 5.41) is 6.50. The van der Waals surface area contributed by atoms with Gasteiger partial charge in [0.2, 0.25) is 5.88 Å². The van der Waals surface area contributed by atoms with E-state index in [0.29, 0.717) is 44.2 Å². The number of nitrogens with zero attached hydrogens (tertiary/aromatic N) is 3. The molecule has 1 aromatic carbocycles. The Balaban J connectivity index is 0.00000145. The molecular formula is C26H35F2N6OP. The molecule has 194 valence electrons. The molecule has 0 saturated carbocycles. The highest BCUT2D eigenvalue weighted by molar-refractivity contribution is 7.35. The molecule has 0 aliphatic carbocycles. The third-order valence-electron chi connectivity index (χ3n) is 5.36. The normalized spacial score (nSPS) is 10.9. The first-order chi connectivity index (χ1) is 17.4. The number of hydrazine groups is 1. The average Bonchev–Trinajstić information content (AvgIpc) is 2.87. The molecule has 0 saturated heterocycles. The number of ether oxygens (including phenoxy) is 1. The molecule has 3 aromatic rings. The van der Waals surface area contributed by atoms with E-state index >= 15 is 0 Å². The first-order valence-electron chi connectivity index (χ1n) is 11.7. The molecule has 0 fully saturated rings. The lowest BCUT2D eigenvalue weighted by Gasteiger charge is -2.21. The summed E-state index contributed by atoms with van der Waals surface area (Å²) in [5.74, 6) is 2.13. The van der Waals surface area contributed by atoms with Gasteiger partial charge in [0.15, 0.2) is 0 Å². The Hall–Kier alpha value is -2.89. The van der Waals surface area contributed by atoms with Crippen molar-refractivity contribution in [2.24, 2.45) is 0 Å². The Bertz CT molecular complexity index is 1140. The van der Waals surface area contributed by atoms with Crippen LogP contribution in [0.25, 0.3) is 11.0 Å². The van der Waals surface area contributed by atoms with Gasteiger partial charge in [-0.05, 0) is 65.4 Å². The lowest BCUT2D eigenvalue weighted by molar-refractivity contribution is 0.288. The van der Waals surface area contributed by atoms with Gasteiger partial charge in [-0.25, -0.2) is 19.0 Å². The number of halogens is 2. The van der Waals surface area contributed by atoms with E-state index in [1.807, 2.05) is 6.92 Å². The average molecular weight is 517 g/mol. The molecule has 0 aliphatic rings. The molecule has 1 unspecified atom stereocenters. The topological polar surface area (TPSA) is 74.3 Å². The minimum atomic E-state index is -0.343. The first kappa shape index (κ1) is 29.3. The number of benzene rings is 1. The summed E-state index contributed by atoms with van der Waals surface area (Å²) >= 11 is 0. The molecule has 7 nitrogen and oxygen atoms in total. The number of rotatable bonds is 13. The Morgan fingerprint density at radius 3 is 2.67 bits per heavy atom. The van der Waals surface area contributed by atoms with Gasteiger partial charge in [-0.3, -0.25) is 10.4 Å². The van der Waals surface area contributed by atoms with Gasteiger partial charge in [-0.15, -0.1) is 12.3 Å². The molecule has 0 aliphatic heterocycles. The molecule has 0 radical (unpaired) electrons. The van der Waals surface area contributed by atoms with E-state index in [0.717, 1.165) is 37.2 Å². The van der Waals surface area contributed by atoms with Crippen molar-refractivity contribution >= 4 is 25.5 Å². The standard InChI is InChI=1S/C23H31F2N6OP.C3H4/c1-4-31(12-10-28-30-33-15-27-20-6-5-17(24)13-16(20)2)11-9-18-19(25)14-26-21-7-8-22(32-3)29-23(18)21;1-3-2/h5-8,13-14,27-28,30,33H,4,9-12,15H2,1-3H3;1H,2H3. The highest BCUT2D eigenvalue weighted by atomic mass is 31.1. The maximum Gasteiger partial charge on any atom is 0.213 e. The molecule has 3 rings (SSSR count). The van der Waals surface area contributed by atoms with Crippen molar-refractivity contribution in [2.75, 3.05) is 44.9 Å². The smallest absolute Gasteiger partial charge is 0.213 e. The third kappa shape index (κ3) is 9.29. The molecule has 3 N–H and O–H groups in total. The highest BCUT2D eigenvalue weighted by Gasteiger charge is 2.13. The Morgan fingerprint density at radius 2 is 1.97 bits per heavy atom. The molecule has 0 spiro atoms. The van der Waals surface area contributed by atoms with E-state index in [-0.39, 0.29) is 11.6 Å². The van der Waals surface area contributed by atoms with E-state index in [1.54, 1.807) is 32.2 Å². The van der Waals surface area contributed by atoms with Gasteiger partial charge in [0.05, 0.1) is 24.3 Å². The second-order valence-electron chi connectivity index (χ2n) is 7.82. The molecule has 1 atom stereocenters. The van der Waals surface area contributed by atoms with Gasteiger partial charge in [0.1, 0.15) is 11.6 Å². The Kier molecular flexibility index (Phi) is 13.0. The third-order valence-corrected chi connectivity index (χ3v) is 6.07. The van der Waals surface area contributed by atoms with E-state index < -0.39 is 0 Å². The van der Waals surface area contributed by atoms with Crippen molar-refractivity contribution in [3.63, 3.8) is 0 Å². The predicted molar refractivity (Wildman–Crippen MR) is 145 cm³/mol. The molecule has 0 amide bonds. The first-order valence-corrected chi connectivity index (χ1v) is 12.9. The van der Waals surface area contributed by atoms with Crippen molar-refractivity contribution in [1.82, 2.24) is 25.5 Å². The fourth-order valence-electron chi connectivity index (χ4n) is 3.47. The van der Waals surface area contributed by atoms with Crippen LogP contribution in [0.5, 0.6) is 5.88 Å². The van der Waals surface area contributed by atoms with Gasteiger partial charge in [-0.2, -0.15) is 0 Å². The lowest BCUT2D eigenvalue weighted by atomic mass is 10.1. The summed E-state index contributed by atoms with van der Waals surface area (Å²) in [6.45, 7) is 8.76. The zero-order chi connectivity index (χ0) is 26.3. The molecule has 36 heavy (non-hydrogen) atoms. The molecule has 2 aromatic heterocycles. The number of hydrogen-bond donors (Lipinski definition) is 3. The summed E-state index contributed by atoms with van der Waals surface area (Å²) in [4.78, 5) is 10.8. The van der Waals surface area contributed by atoms with E-state index in [9.17, 15) is 8.78 Å². The number of methoxy groups -OCH3 is 1. The molecule has 10 heteroatoms. The van der Waals surface area contributed by atoms with Gasteiger partial charge >= 0.3 is 0 Å². The minimum absolute atomic E-state index is 0.225. The zero-order valence-electron chi connectivity index (χ0n) is 21.3. The number of nitrogens with one attached hydrogen (secondary N) is 3. The minimum Gasteiger partial charge on any atom is -0.481 e. The summed E-state index contributed by atoms with van der Waals surface area (Å²) < 4.78 is 32.8. The van der Waals surface area contributed by atoms with Gasteiger partial charge in [0, 0.05) is 43.2 Å². The second-order valence-corrected chi connectivity index (χ2v) is 8.78. The number of aryl methyl sites for hydroxylation is 1. The number of hydrogen-bond acceptors (Lipinski definition) is 7. The van der Waals surface area contributed by atoms with Crippen LogP contribution in [0.4, 0.5) is 14.5 Å². The number of terminal acetylenes is 1. The van der Waals surface area contributed by atoms with Crippen LogP contribution in [0.15, 0.2) is 36.5 Å². The second kappa shape index (κ2) is 16.0. The summed E-state index contributed by atoms with van der Waals surface area (Å²) in [6, 6.07) is 8.25. The Morgan fingerprint density at radius 1 is 1.19 bits per heavy atom. The van der Waals surface area contributed by atoms with Gasteiger partial charge < -0.3 is 15.0 Å². The quantitative estimate of drug-likeness (QED) is 0.134. The van der Waals surface area contributed by atoms with Crippen LogP contribution in [0.2, 0.25) is 0 Å². The van der Waals surface area contributed by atoms with Gasteiger partial charge in [0.25, 0.3) is 0 Å². The number of pyridine rings is 2. The summed E-state index contributed by atoms with van der Waals surface area (Å²) in [6.07, 6.45) is 7.13. The number of anilines is 1. The maximum absolute atomic E-state index is 14.5. The van der Waals surface area contributed by atoms with Gasteiger partial charge in [-0.1, -0.05) is 6.92 Å². The number of aromatic nitrogens is 2. The number of likely N-dealkylation sites (N-methyl/N-ethyl adjacent to an activating group) is 1. The van der Waals surface area contributed by atoms with E-state index in [4.69, 9.17) is 4.74 Å². The van der Waals surface area contributed by atoms with Crippen LogP contribution in [-0.4, -0.2) is 54.4 Å². The molecule has 2 heterocycles. The lowest BCUT2D eigenvalue weighted by Crippen LogP contribution is -2.37. The van der Waals surface area contributed by atoms with E-state index in [2.05, 4.69) is 50.1 Å². The van der Waals surface area contributed by atoms with Crippen LogP contribution in [0, 0.1) is 30.9 Å². The predicted octanol–water partition coefficient (Wildman–Crippen LogP) is 4.49. The Labute approximate surface area is 214 Å². The van der Waals surface area contributed by atoms with Crippen molar-refractivity contribution in [2.45, 2.75) is 27.2 Å². The fourth-order valence-corrected chi connectivity index (χ4v) is 4.09. The maximum atomic E-state index is 14.5.